The molecule has 1 fully saturated rings. The van der Waals surface area contributed by atoms with E-state index < -0.39 is 0 Å². The standard InChI is InChI=1S/C20H23NO2/c1-2-5-16(6-3-1)15-22-18-9-7-17-8-10-19(23-20(17)13-18)14-21-11-4-12-21/h1-3,5-7,9,13,19H,4,8,10-12,14-15H2. The minimum Gasteiger partial charge on any atom is -0.489 e. The number of hydrogen-bond acceptors (Lipinski definition) is 3. The molecule has 2 aliphatic rings. The van der Waals surface area contributed by atoms with Crippen LogP contribution in [0.3, 0.4) is 0 Å². The molecule has 1 saturated heterocycles. The SMILES string of the molecule is c1ccc(COc2ccc3c(c2)OC(CN2CCC2)CC3)cc1. The number of nitrogens with zero attached hydrogens (tertiary/aromatic N) is 1. The fraction of sp³-hybridized carbons (Fsp3) is 0.400. The molecule has 3 heteroatoms. The molecule has 0 aromatic heterocycles. The Kier molecular flexibility index (Phi) is 4.20. The second kappa shape index (κ2) is 6.63. The van der Waals surface area contributed by atoms with E-state index >= 15 is 0 Å². The first-order valence-electron chi connectivity index (χ1n) is 8.55. The number of benzene rings is 2. The highest BCUT2D eigenvalue weighted by Gasteiger charge is 2.24. The molecule has 0 bridgehead atoms. The zero-order valence-electron chi connectivity index (χ0n) is 13.4. The summed E-state index contributed by atoms with van der Waals surface area (Å²) in [5.41, 5.74) is 2.48. The lowest BCUT2D eigenvalue weighted by molar-refractivity contribution is 0.0809. The number of aryl methyl sites for hydroxylation is 1. The molecule has 2 heterocycles. The summed E-state index contributed by atoms with van der Waals surface area (Å²) in [6.07, 6.45) is 3.88. The molecule has 0 radical (unpaired) electrons. The molecule has 0 saturated carbocycles. The van der Waals surface area contributed by atoms with Crippen molar-refractivity contribution in [2.24, 2.45) is 0 Å². The van der Waals surface area contributed by atoms with Gasteiger partial charge in [-0.1, -0.05) is 36.4 Å². The van der Waals surface area contributed by atoms with Crippen LogP contribution in [0.15, 0.2) is 48.5 Å². The summed E-state index contributed by atoms with van der Waals surface area (Å²) in [6, 6.07) is 16.5. The number of ether oxygens (including phenoxy) is 2. The highest BCUT2D eigenvalue weighted by atomic mass is 16.5. The van der Waals surface area contributed by atoms with E-state index in [2.05, 4.69) is 35.2 Å². The van der Waals surface area contributed by atoms with E-state index in [0.717, 1.165) is 30.9 Å². The van der Waals surface area contributed by atoms with Crippen molar-refractivity contribution >= 4 is 0 Å². The number of hydrogen-bond donors (Lipinski definition) is 0. The van der Waals surface area contributed by atoms with E-state index in [-0.39, 0.29) is 0 Å². The van der Waals surface area contributed by atoms with Crippen LogP contribution in [0, 0.1) is 0 Å². The van der Waals surface area contributed by atoms with Crippen LogP contribution in [0.1, 0.15) is 24.0 Å². The molecule has 1 atom stereocenters. The zero-order chi connectivity index (χ0) is 15.5. The largest absolute Gasteiger partial charge is 0.489 e. The number of likely N-dealkylation sites (tertiary alicyclic amines) is 1. The second-order valence-electron chi connectivity index (χ2n) is 6.48. The van der Waals surface area contributed by atoms with Crippen molar-refractivity contribution in [3.8, 4) is 11.5 Å². The molecule has 0 N–H and O–H groups in total. The summed E-state index contributed by atoms with van der Waals surface area (Å²) in [5, 5.41) is 0. The molecule has 2 aromatic rings. The third kappa shape index (κ3) is 3.50. The van der Waals surface area contributed by atoms with Crippen LogP contribution in [0.5, 0.6) is 11.5 Å². The molecule has 3 nitrogen and oxygen atoms in total. The van der Waals surface area contributed by atoms with Crippen LogP contribution in [0.2, 0.25) is 0 Å². The molecular weight excluding hydrogens is 286 g/mol. The maximum atomic E-state index is 6.21. The quantitative estimate of drug-likeness (QED) is 0.841. The zero-order valence-corrected chi connectivity index (χ0v) is 13.4. The van der Waals surface area contributed by atoms with Crippen LogP contribution >= 0.6 is 0 Å². The normalized spacial score (nSPS) is 20.3. The fourth-order valence-electron chi connectivity index (χ4n) is 3.22. The topological polar surface area (TPSA) is 21.7 Å². The van der Waals surface area contributed by atoms with Gasteiger partial charge in [0.05, 0.1) is 0 Å². The molecule has 23 heavy (non-hydrogen) atoms. The van der Waals surface area contributed by atoms with Crippen molar-refractivity contribution in [1.82, 2.24) is 4.90 Å². The minimum atomic E-state index is 0.326. The molecule has 0 amide bonds. The van der Waals surface area contributed by atoms with Crippen LogP contribution in [0.25, 0.3) is 0 Å². The Balaban J connectivity index is 1.39. The van der Waals surface area contributed by atoms with Gasteiger partial charge in [0, 0.05) is 12.6 Å². The lowest BCUT2D eigenvalue weighted by Crippen LogP contribution is -2.44. The van der Waals surface area contributed by atoms with Gasteiger partial charge >= 0.3 is 0 Å². The van der Waals surface area contributed by atoms with Gasteiger partial charge in [0.1, 0.15) is 24.2 Å². The van der Waals surface area contributed by atoms with Crippen molar-refractivity contribution in [2.45, 2.75) is 32.0 Å². The molecule has 2 aromatic carbocycles. The summed E-state index contributed by atoms with van der Waals surface area (Å²) in [6.45, 7) is 4.12. The average Bonchev–Trinajstić information content (AvgIpc) is 2.57. The first-order chi connectivity index (χ1) is 11.4. The van der Waals surface area contributed by atoms with Crippen molar-refractivity contribution in [3.05, 3.63) is 59.7 Å². The number of rotatable bonds is 5. The average molecular weight is 309 g/mol. The highest BCUT2D eigenvalue weighted by molar-refractivity contribution is 5.42. The Labute approximate surface area is 137 Å². The van der Waals surface area contributed by atoms with Crippen molar-refractivity contribution in [1.29, 1.82) is 0 Å². The molecule has 2 aliphatic heterocycles. The maximum Gasteiger partial charge on any atom is 0.126 e. The van der Waals surface area contributed by atoms with Gasteiger partial charge in [0.15, 0.2) is 0 Å². The Morgan fingerprint density at radius 1 is 1.09 bits per heavy atom. The van der Waals surface area contributed by atoms with E-state index in [1.807, 2.05) is 18.2 Å². The molecule has 1 unspecified atom stereocenters. The maximum absolute atomic E-state index is 6.21. The van der Waals surface area contributed by atoms with Gasteiger partial charge in [-0.15, -0.1) is 0 Å². The lowest BCUT2D eigenvalue weighted by Gasteiger charge is -2.36. The summed E-state index contributed by atoms with van der Waals surface area (Å²) < 4.78 is 12.1. The van der Waals surface area contributed by atoms with Gasteiger partial charge in [-0.05, 0) is 49.5 Å². The van der Waals surface area contributed by atoms with Crippen LogP contribution in [-0.4, -0.2) is 30.6 Å². The third-order valence-electron chi connectivity index (χ3n) is 4.73. The predicted octanol–water partition coefficient (Wildman–Crippen LogP) is 3.66. The van der Waals surface area contributed by atoms with Crippen molar-refractivity contribution in [2.75, 3.05) is 19.6 Å². The minimum absolute atomic E-state index is 0.326. The van der Waals surface area contributed by atoms with Crippen LogP contribution in [0.4, 0.5) is 0 Å². The van der Waals surface area contributed by atoms with Crippen molar-refractivity contribution < 1.29 is 9.47 Å². The Morgan fingerprint density at radius 2 is 1.96 bits per heavy atom. The van der Waals surface area contributed by atoms with E-state index in [1.54, 1.807) is 0 Å². The van der Waals surface area contributed by atoms with Gasteiger partial charge in [-0.2, -0.15) is 0 Å². The Bertz CT molecular complexity index is 652. The van der Waals surface area contributed by atoms with Crippen molar-refractivity contribution in [3.63, 3.8) is 0 Å². The van der Waals surface area contributed by atoms with Crippen LogP contribution in [-0.2, 0) is 13.0 Å². The molecule has 0 spiro atoms. The first-order valence-corrected chi connectivity index (χ1v) is 8.55. The van der Waals surface area contributed by atoms with E-state index in [0.29, 0.717) is 12.7 Å². The molecular formula is C20H23NO2. The summed E-state index contributed by atoms with van der Waals surface area (Å²) in [5.74, 6) is 1.89. The van der Waals surface area contributed by atoms with E-state index in [1.165, 1.54) is 30.6 Å². The van der Waals surface area contributed by atoms with Gasteiger partial charge in [-0.3, -0.25) is 4.90 Å². The summed E-state index contributed by atoms with van der Waals surface area (Å²) in [7, 11) is 0. The number of fused-ring (bicyclic) bond motifs is 1. The lowest BCUT2D eigenvalue weighted by atomic mass is 10.0. The van der Waals surface area contributed by atoms with Gasteiger partial charge in [-0.25, -0.2) is 0 Å². The third-order valence-corrected chi connectivity index (χ3v) is 4.73. The smallest absolute Gasteiger partial charge is 0.126 e. The first kappa shape index (κ1) is 14.6. The fourth-order valence-corrected chi connectivity index (χ4v) is 3.22. The predicted molar refractivity (Wildman–Crippen MR) is 91.0 cm³/mol. The van der Waals surface area contributed by atoms with Gasteiger partial charge in [0.2, 0.25) is 0 Å². The van der Waals surface area contributed by atoms with Gasteiger partial charge in [0.25, 0.3) is 0 Å². The molecule has 120 valence electrons. The Hall–Kier alpha value is -2.00. The molecule has 0 aliphatic carbocycles. The monoisotopic (exact) mass is 309 g/mol. The summed E-state index contributed by atoms with van der Waals surface area (Å²) in [4.78, 5) is 2.48. The Morgan fingerprint density at radius 3 is 2.74 bits per heavy atom. The molecule has 4 rings (SSSR count). The van der Waals surface area contributed by atoms with Crippen LogP contribution < -0.4 is 9.47 Å². The summed E-state index contributed by atoms with van der Waals surface area (Å²) >= 11 is 0. The van der Waals surface area contributed by atoms with Gasteiger partial charge < -0.3 is 9.47 Å². The van der Waals surface area contributed by atoms with E-state index in [9.17, 15) is 0 Å². The second-order valence-corrected chi connectivity index (χ2v) is 6.48. The van der Waals surface area contributed by atoms with E-state index in [4.69, 9.17) is 9.47 Å². The highest BCUT2D eigenvalue weighted by Crippen LogP contribution is 2.32.